The highest BCUT2D eigenvalue weighted by Gasteiger charge is 2.09. The largest absolute Gasteiger partial charge is 0.393 e. The van der Waals surface area contributed by atoms with Crippen molar-refractivity contribution in [2.75, 3.05) is 5.73 Å². The van der Waals surface area contributed by atoms with Crippen molar-refractivity contribution in [1.29, 1.82) is 0 Å². The van der Waals surface area contributed by atoms with Gasteiger partial charge in [-0.3, -0.25) is 14.9 Å². The molecule has 16 heavy (non-hydrogen) atoms. The van der Waals surface area contributed by atoms with Gasteiger partial charge in [0.2, 0.25) is 5.91 Å². The van der Waals surface area contributed by atoms with Gasteiger partial charge in [-0.15, -0.1) is 0 Å². The molecule has 0 aromatic heterocycles. The van der Waals surface area contributed by atoms with Gasteiger partial charge in [0.1, 0.15) is 5.69 Å². The number of benzene rings is 1. The summed E-state index contributed by atoms with van der Waals surface area (Å²) in [6.45, 7) is 0. The quantitative estimate of drug-likeness (QED) is 0.449. The van der Waals surface area contributed by atoms with E-state index >= 15 is 0 Å². The fourth-order valence-electron chi connectivity index (χ4n) is 1.15. The normalized spacial score (nSPS) is 10.5. The van der Waals surface area contributed by atoms with Gasteiger partial charge in [-0.2, -0.15) is 0 Å². The summed E-state index contributed by atoms with van der Waals surface area (Å²) in [4.78, 5) is 20.4. The molecule has 0 unspecified atom stereocenters. The molecule has 0 radical (unpaired) electrons. The fraction of sp³-hybridized carbons (Fsp3) is 0.100. The number of anilines is 1. The lowest BCUT2D eigenvalue weighted by Crippen LogP contribution is -2.07. The van der Waals surface area contributed by atoms with Crippen molar-refractivity contribution in [3.05, 3.63) is 40.0 Å². The molecule has 84 valence electrons. The number of hydrogen-bond acceptors (Lipinski definition) is 4. The molecule has 1 aromatic rings. The molecule has 1 rings (SSSR count). The number of nitro groups is 1. The first-order chi connectivity index (χ1) is 7.50. The van der Waals surface area contributed by atoms with Crippen LogP contribution in [0, 0.1) is 10.1 Å². The van der Waals surface area contributed by atoms with Crippen LogP contribution in [0.5, 0.6) is 0 Å². The lowest BCUT2D eigenvalue weighted by Gasteiger charge is -1.98. The number of rotatable bonds is 4. The zero-order valence-corrected chi connectivity index (χ0v) is 8.42. The molecular weight excluding hydrogens is 210 g/mol. The predicted octanol–water partition coefficient (Wildman–Crippen LogP) is 1.07. The Hall–Kier alpha value is -2.37. The Morgan fingerprint density at radius 2 is 2.19 bits per heavy atom. The smallest absolute Gasteiger partial charge is 0.292 e. The van der Waals surface area contributed by atoms with E-state index in [0.717, 1.165) is 0 Å². The molecule has 0 spiro atoms. The molecule has 0 saturated carbocycles. The number of carbonyl (C=O) groups excluding carboxylic acids is 1. The lowest BCUT2D eigenvalue weighted by molar-refractivity contribution is -0.383. The number of amides is 1. The molecule has 6 nitrogen and oxygen atoms in total. The zero-order valence-electron chi connectivity index (χ0n) is 8.42. The van der Waals surface area contributed by atoms with Gasteiger partial charge in [-0.05, 0) is 17.7 Å². The molecule has 0 atom stereocenters. The van der Waals surface area contributed by atoms with Gasteiger partial charge in [0.15, 0.2) is 0 Å². The summed E-state index contributed by atoms with van der Waals surface area (Å²) in [5.41, 5.74) is 11.1. The number of nitrogens with zero attached hydrogens (tertiary/aromatic N) is 1. The highest BCUT2D eigenvalue weighted by molar-refractivity contribution is 5.76. The molecular formula is C10H11N3O3. The van der Waals surface area contributed by atoms with Crippen LogP contribution < -0.4 is 11.5 Å². The van der Waals surface area contributed by atoms with Crippen LogP contribution in [-0.4, -0.2) is 10.8 Å². The van der Waals surface area contributed by atoms with Gasteiger partial charge < -0.3 is 11.5 Å². The van der Waals surface area contributed by atoms with Crippen molar-refractivity contribution < 1.29 is 9.72 Å². The fourth-order valence-corrected chi connectivity index (χ4v) is 1.15. The van der Waals surface area contributed by atoms with Crippen LogP contribution in [0.1, 0.15) is 12.0 Å². The van der Waals surface area contributed by atoms with E-state index in [9.17, 15) is 14.9 Å². The topological polar surface area (TPSA) is 112 Å². The molecule has 0 aliphatic heterocycles. The average molecular weight is 221 g/mol. The second-order valence-corrected chi connectivity index (χ2v) is 3.15. The molecule has 0 heterocycles. The highest BCUT2D eigenvalue weighted by atomic mass is 16.6. The Balaban J connectivity index is 2.85. The Bertz CT molecular complexity index is 455. The third-order valence-electron chi connectivity index (χ3n) is 1.88. The van der Waals surface area contributed by atoms with E-state index in [2.05, 4.69) is 0 Å². The molecule has 1 aromatic carbocycles. The van der Waals surface area contributed by atoms with Gasteiger partial charge in [0, 0.05) is 12.5 Å². The van der Waals surface area contributed by atoms with Crippen molar-refractivity contribution in [3.8, 4) is 0 Å². The molecule has 0 aliphatic rings. The number of hydrogen-bond donors (Lipinski definition) is 2. The summed E-state index contributed by atoms with van der Waals surface area (Å²) in [7, 11) is 0. The molecule has 0 saturated heterocycles. The van der Waals surface area contributed by atoms with Crippen LogP contribution in [0.4, 0.5) is 11.4 Å². The maximum atomic E-state index is 10.5. The summed E-state index contributed by atoms with van der Waals surface area (Å²) in [6.07, 6.45) is 3.32. The Morgan fingerprint density at radius 1 is 1.50 bits per heavy atom. The number of nitro benzene ring substituents is 1. The van der Waals surface area contributed by atoms with E-state index < -0.39 is 10.8 Å². The van der Waals surface area contributed by atoms with E-state index in [0.29, 0.717) is 5.56 Å². The Kier molecular flexibility index (Phi) is 3.60. The van der Waals surface area contributed by atoms with Gasteiger partial charge in [-0.25, -0.2) is 0 Å². The van der Waals surface area contributed by atoms with Gasteiger partial charge in [0.05, 0.1) is 4.92 Å². The first-order valence-corrected chi connectivity index (χ1v) is 4.49. The summed E-state index contributed by atoms with van der Waals surface area (Å²) < 4.78 is 0. The number of nitrogen functional groups attached to an aromatic ring is 1. The second kappa shape index (κ2) is 4.92. The van der Waals surface area contributed by atoms with Crippen LogP contribution >= 0.6 is 0 Å². The molecule has 0 aliphatic carbocycles. The van der Waals surface area contributed by atoms with Crippen LogP contribution in [0.3, 0.4) is 0 Å². The van der Waals surface area contributed by atoms with E-state index in [1.807, 2.05) is 0 Å². The van der Waals surface area contributed by atoms with Crippen LogP contribution in [0.15, 0.2) is 24.3 Å². The minimum atomic E-state index is -0.549. The van der Waals surface area contributed by atoms with E-state index in [4.69, 9.17) is 11.5 Å². The SMILES string of the molecule is NC(=O)CC=Cc1ccc([N+](=O)[O-])c(N)c1. The molecule has 1 amide bonds. The van der Waals surface area contributed by atoms with E-state index in [-0.39, 0.29) is 17.8 Å². The maximum absolute atomic E-state index is 10.5. The summed E-state index contributed by atoms with van der Waals surface area (Å²) in [5.74, 6) is -0.439. The minimum absolute atomic E-state index is 0.0891. The van der Waals surface area contributed by atoms with Crippen molar-refractivity contribution in [3.63, 3.8) is 0 Å². The van der Waals surface area contributed by atoms with Gasteiger partial charge >= 0.3 is 0 Å². The van der Waals surface area contributed by atoms with Crippen molar-refractivity contribution in [2.24, 2.45) is 5.73 Å². The Morgan fingerprint density at radius 3 is 2.69 bits per heavy atom. The lowest BCUT2D eigenvalue weighted by atomic mass is 10.1. The van der Waals surface area contributed by atoms with E-state index in [1.165, 1.54) is 12.1 Å². The minimum Gasteiger partial charge on any atom is -0.393 e. The van der Waals surface area contributed by atoms with Crippen LogP contribution in [-0.2, 0) is 4.79 Å². The molecule has 6 heteroatoms. The molecule has 0 bridgehead atoms. The second-order valence-electron chi connectivity index (χ2n) is 3.15. The summed E-state index contributed by atoms with van der Waals surface area (Å²) in [5, 5.41) is 10.5. The summed E-state index contributed by atoms with van der Waals surface area (Å²) >= 11 is 0. The van der Waals surface area contributed by atoms with Crippen molar-refractivity contribution >= 4 is 23.4 Å². The van der Waals surface area contributed by atoms with Crippen molar-refractivity contribution in [2.45, 2.75) is 6.42 Å². The Labute approximate surface area is 91.7 Å². The molecule has 0 fully saturated rings. The zero-order chi connectivity index (χ0) is 12.1. The molecule has 4 N–H and O–H groups in total. The van der Waals surface area contributed by atoms with Crippen molar-refractivity contribution in [1.82, 2.24) is 0 Å². The number of nitrogens with two attached hydrogens (primary N) is 2. The third kappa shape index (κ3) is 3.09. The van der Waals surface area contributed by atoms with Gasteiger partial charge in [-0.1, -0.05) is 12.2 Å². The average Bonchev–Trinajstić information content (AvgIpc) is 2.16. The van der Waals surface area contributed by atoms with Crippen LogP contribution in [0.25, 0.3) is 6.08 Å². The maximum Gasteiger partial charge on any atom is 0.292 e. The monoisotopic (exact) mass is 221 g/mol. The highest BCUT2D eigenvalue weighted by Crippen LogP contribution is 2.22. The van der Waals surface area contributed by atoms with Crippen LogP contribution in [0.2, 0.25) is 0 Å². The first kappa shape index (κ1) is 11.7. The standard InChI is InChI=1S/C10H11N3O3/c11-8-6-7(2-1-3-10(12)14)4-5-9(8)13(15)16/h1-2,4-6H,3,11H2,(H2,12,14). The number of carbonyl (C=O) groups is 1. The summed E-state index contributed by atoms with van der Waals surface area (Å²) in [6, 6.07) is 4.33. The predicted molar refractivity (Wildman–Crippen MR) is 60.4 cm³/mol. The first-order valence-electron chi connectivity index (χ1n) is 4.49. The number of primary amides is 1. The van der Waals surface area contributed by atoms with E-state index in [1.54, 1.807) is 18.2 Å². The van der Waals surface area contributed by atoms with Gasteiger partial charge in [0.25, 0.3) is 5.69 Å². The third-order valence-corrected chi connectivity index (χ3v) is 1.88.